The van der Waals surface area contributed by atoms with E-state index in [1.54, 1.807) is 13.2 Å². The van der Waals surface area contributed by atoms with Gasteiger partial charge in [-0.15, -0.1) is 19.9 Å². The predicted octanol–water partition coefficient (Wildman–Crippen LogP) is 9.42. The number of ether oxygens (including phenoxy) is 6. The first-order chi connectivity index (χ1) is 22.3. The van der Waals surface area contributed by atoms with Gasteiger partial charge in [0.05, 0.1) is 24.7 Å². The number of methoxy groups -OCH3 is 2. The van der Waals surface area contributed by atoms with Crippen molar-refractivity contribution in [3.05, 3.63) is 83.4 Å². The standard InChI is InChI=1S/C35H41F5O6S/c1-35(28-12-14-29(15-13-28)45-25-41-2)24-44-33-23-31(46-26-42-3)16-17-32(33)34(35)27-10-9-11-30(22-27)43-19-6-8-21-47(37,38,39,40)20-7-4-5-18-36/h9-17,22-23,34H,4,6-8,19-21,24-26H2,1-3H3. The van der Waals surface area contributed by atoms with Gasteiger partial charge in [-0.05, 0) is 60.7 Å². The Labute approximate surface area is 272 Å². The summed E-state index contributed by atoms with van der Waals surface area (Å²) in [4.78, 5) is 0. The quantitative estimate of drug-likeness (QED) is 0.0612. The van der Waals surface area contributed by atoms with Crippen LogP contribution in [0.4, 0.5) is 19.9 Å². The molecule has 2 unspecified atom stereocenters. The number of hydrogen-bond acceptors (Lipinski definition) is 6. The highest BCUT2D eigenvalue weighted by Gasteiger charge is 2.60. The summed E-state index contributed by atoms with van der Waals surface area (Å²) in [7, 11) is -5.14. The van der Waals surface area contributed by atoms with Crippen LogP contribution >= 0.6 is 9.84 Å². The summed E-state index contributed by atoms with van der Waals surface area (Å²) in [6.07, 6.45) is -0.270. The van der Waals surface area contributed by atoms with Crippen molar-refractivity contribution in [2.75, 3.05) is 52.5 Å². The number of halogens is 5. The molecular weight excluding hydrogens is 643 g/mol. The highest BCUT2D eigenvalue weighted by molar-refractivity contribution is 8.49. The Morgan fingerprint density at radius 2 is 1.47 bits per heavy atom. The maximum absolute atomic E-state index is 14.3. The smallest absolute Gasteiger partial charge is 0.188 e. The van der Waals surface area contributed by atoms with E-state index in [-0.39, 0.29) is 39.0 Å². The Morgan fingerprint density at radius 3 is 2.17 bits per heavy atom. The fraction of sp³-hybridized carbons (Fsp3) is 0.429. The molecule has 1 aliphatic rings. The van der Waals surface area contributed by atoms with Gasteiger partial charge in [-0.1, -0.05) is 43.2 Å². The Morgan fingerprint density at radius 1 is 0.809 bits per heavy atom. The van der Waals surface area contributed by atoms with Crippen molar-refractivity contribution < 1.29 is 48.4 Å². The number of benzene rings is 3. The van der Waals surface area contributed by atoms with Gasteiger partial charge >= 0.3 is 0 Å². The second-order valence-corrected chi connectivity index (χ2v) is 15.5. The molecule has 0 spiro atoms. The first-order valence-electron chi connectivity index (χ1n) is 15.2. The third-order valence-electron chi connectivity index (χ3n) is 8.08. The number of rotatable bonds is 17. The second kappa shape index (κ2) is 14.6. The van der Waals surface area contributed by atoms with Crippen molar-refractivity contribution >= 4 is 9.84 Å². The van der Waals surface area contributed by atoms with Crippen LogP contribution in [0, 0.1) is 12.1 Å². The molecule has 0 saturated heterocycles. The SMILES string of the molecule is COCOc1ccc(C2(C)COc3cc(OCOC)ccc3C2c2cccc(OCCCCS(F)(F)(F)(F)CCCC#CF)c2)cc1. The molecule has 0 amide bonds. The van der Waals surface area contributed by atoms with E-state index in [4.69, 9.17) is 28.4 Å². The van der Waals surface area contributed by atoms with Crippen molar-refractivity contribution in [2.24, 2.45) is 0 Å². The molecule has 1 heterocycles. The number of fused-ring (bicyclic) bond motifs is 1. The molecule has 3 aromatic rings. The molecule has 0 N–H and O–H groups in total. The summed E-state index contributed by atoms with van der Waals surface area (Å²) in [6, 6.07) is 20.8. The molecule has 0 bridgehead atoms. The summed E-state index contributed by atoms with van der Waals surface area (Å²) in [6.45, 7) is 2.65. The molecule has 4 rings (SSSR count). The zero-order valence-electron chi connectivity index (χ0n) is 26.7. The van der Waals surface area contributed by atoms with Crippen molar-refractivity contribution in [3.63, 3.8) is 0 Å². The molecule has 0 saturated carbocycles. The molecule has 6 nitrogen and oxygen atoms in total. The first kappa shape index (κ1) is 36.2. The van der Waals surface area contributed by atoms with Gasteiger partial charge in [-0.25, -0.2) is 0 Å². The van der Waals surface area contributed by atoms with Gasteiger partial charge in [0.25, 0.3) is 0 Å². The first-order valence-corrected chi connectivity index (χ1v) is 17.6. The van der Waals surface area contributed by atoms with E-state index in [0.29, 0.717) is 29.6 Å². The van der Waals surface area contributed by atoms with Crippen molar-refractivity contribution in [3.8, 4) is 35.1 Å². The van der Waals surface area contributed by atoms with E-state index in [1.165, 1.54) is 7.11 Å². The minimum Gasteiger partial charge on any atom is -0.494 e. The molecule has 3 aromatic carbocycles. The Bertz CT molecular complexity index is 1550. The monoisotopic (exact) mass is 684 g/mol. The van der Waals surface area contributed by atoms with E-state index in [2.05, 4.69) is 6.92 Å². The number of unbranched alkanes of at least 4 members (excludes halogenated alkanes) is 2. The van der Waals surface area contributed by atoms with Crippen LogP contribution in [-0.2, 0) is 14.9 Å². The summed E-state index contributed by atoms with van der Waals surface area (Å²) < 4.78 is 103. The Balaban J connectivity index is 1.54. The molecule has 0 aliphatic carbocycles. The van der Waals surface area contributed by atoms with Crippen LogP contribution in [0.5, 0.6) is 23.0 Å². The Kier molecular flexibility index (Phi) is 11.3. The molecule has 0 fully saturated rings. The average Bonchev–Trinajstić information content (AvgIpc) is 3.04. The third kappa shape index (κ3) is 9.92. The topological polar surface area (TPSA) is 55.4 Å². The van der Waals surface area contributed by atoms with E-state index < -0.39 is 39.6 Å². The lowest BCUT2D eigenvalue weighted by atomic mass is 9.65. The average molecular weight is 685 g/mol. The van der Waals surface area contributed by atoms with Crippen LogP contribution in [0.25, 0.3) is 0 Å². The van der Waals surface area contributed by atoms with Crippen molar-refractivity contribution in [1.29, 1.82) is 0 Å². The van der Waals surface area contributed by atoms with E-state index in [1.807, 2.05) is 66.6 Å². The van der Waals surface area contributed by atoms with Gasteiger partial charge in [-0.3, -0.25) is 0 Å². The van der Waals surface area contributed by atoms with Crippen molar-refractivity contribution in [2.45, 2.75) is 43.9 Å². The van der Waals surface area contributed by atoms with Crippen LogP contribution in [0.1, 0.15) is 55.2 Å². The van der Waals surface area contributed by atoms with E-state index in [9.17, 15) is 19.9 Å². The summed E-state index contributed by atoms with van der Waals surface area (Å²) in [5, 5.41) is 0. The van der Waals surface area contributed by atoms with Crippen molar-refractivity contribution in [1.82, 2.24) is 0 Å². The molecule has 2 atom stereocenters. The van der Waals surface area contributed by atoms with Gasteiger partial charge in [0.1, 0.15) is 29.2 Å². The van der Waals surface area contributed by atoms with Gasteiger partial charge < -0.3 is 28.4 Å². The molecule has 12 heteroatoms. The molecule has 0 aromatic heterocycles. The zero-order valence-corrected chi connectivity index (χ0v) is 27.6. The van der Waals surface area contributed by atoms with Gasteiger partial charge in [0.2, 0.25) is 0 Å². The summed E-state index contributed by atoms with van der Waals surface area (Å²) in [5.41, 5.74) is 2.30. The maximum atomic E-state index is 14.3. The lowest BCUT2D eigenvalue weighted by Crippen LogP contribution is -2.41. The number of hydrogen-bond donors (Lipinski definition) is 0. The fourth-order valence-corrected chi connectivity index (χ4v) is 7.57. The van der Waals surface area contributed by atoms with E-state index in [0.717, 1.165) is 22.9 Å². The highest BCUT2D eigenvalue weighted by Crippen LogP contribution is 2.96. The lowest BCUT2D eigenvalue weighted by Gasteiger charge is -2.50. The minimum absolute atomic E-state index is 0.00968. The third-order valence-corrected chi connectivity index (χ3v) is 10.5. The van der Waals surface area contributed by atoms with Gasteiger partial charge in [-0.2, -0.15) is 0 Å². The lowest BCUT2D eigenvalue weighted by molar-refractivity contribution is 0.0505. The van der Waals surface area contributed by atoms with Crippen LogP contribution in [0.3, 0.4) is 0 Å². The van der Waals surface area contributed by atoms with Crippen LogP contribution in [0.2, 0.25) is 0 Å². The van der Waals surface area contributed by atoms with Crippen LogP contribution in [0.15, 0.2) is 66.7 Å². The normalized spacial score (nSPS) is 18.9. The summed E-state index contributed by atoms with van der Waals surface area (Å²) in [5.74, 6) is 1.000. The minimum atomic E-state index is -8.23. The summed E-state index contributed by atoms with van der Waals surface area (Å²) >= 11 is 0. The largest absolute Gasteiger partial charge is 0.494 e. The fourth-order valence-electron chi connectivity index (χ4n) is 5.73. The van der Waals surface area contributed by atoms with E-state index >= 15 is 0 Å². The van der Waals surface area contributed by atoms with Crippen LogP contribution in [-0.4, -0.2) is 52.5 Å². The highest BCUT2D eigenvalue weighted by atomic mass is 32.5. The predicted molar refractivity (Wildman–Crippen MR) is 174 cm³/mol. The molecule has 1 aliphatic heterocycles. The molecule has 0 radical (unpaired) electrons. The maximum Gasteiger partial charge on any atom is 0.188 e. The molecule has 47 heavy (non-hydrogen) atoms. The molecule has 258 valence electrons. The Hall–Kier alpha value is -3.66. The van der Waals surface area contributed by atoms with Crippen LogP contribution < -0.4 is 18.9 Å². The second-order valence-electron chi connectivity index (χ2n) is 11.8. The molecular formula is C35H41F5O6S. The van der Waals surface area contributed by atoms with Gasteiger partial charge in [0, 0.05) is 43.6 Å². The van der Waals surface area contributed by atoms with Gasteiger partial charge in [0.15, 0.2) is 23.4 Å². The zero-order chi connectivity index (χ0) is 34.0.